The Kier molecular flexibility index (Phi) is 7.29. The fourth-order valence-corrected chi connectivity index (χ4v) is 4.52. The Morgan fingerprint density at radius 2 is 1.53 bits per heavy atom. The van der Waals surface area contributed by atoms with Crippen LogP contribution in [0, 0.1) is 10.1 Å². The van der Waals surface area contributed by atoms with Gasteiger partial charge in [-0.05, 0) is 12.5 Å². The van der Waals surface area contributed by atoms with Gasteiger partial charge < -0.3 is 4.74 Å². The summed E-state index contributed by atoms with van der Waals surface area (Å²) < 4.78 is 5.41. The highest BCUT2D eigenvalue weighted by molar-refractivity contribution is 7.98. The van der Waals surface area contributed by atoms with Crippen molar-refractivity contribution in [1.29, 1.82) is 0 Å². The van der Waals surface area contributed by atoms with Gasteiger partial charge >= 0.3 is 5.97 Å². The van der Waals surface area contributed by atoms with Crippen LogP contribution in [0.3, 0.4) is 0 Å². The zero-order chi connectivity index (χ0) is 23.9. The average molecular weight is 472 g/mol. The monoisotopic (exact) mass is 471 g/mol. The third kappa shape index (κ3) is 4.97. The summed E-state index contributed by atoms with van der Waals surface area (Å²) in [4.78, 5) is 24.2. The third-order valence-electron chi connectivity index (χ3n) is 5.08. The molecule has 0 saturated carbocycles. The fourth-order valence-electron chi connectivity index (χ4n) is 3.56. The highest BCUT2D eigenvalue weighted by Crippen LogP contribution is 2.38. The first kappa shape index (κ1) is 23.1. The number of benzene rings is 3. The number of rotatable bonds is 8. The summed E-state index contributed by atoms with van der Waals surface area (Å²) in [6, 6.07) is 25.5. The van der Waals surface area contributed by atoms with E-state index in [1.807, 2.05) is 60.7 Å². The number of carbonyl (C=O) groups is 1. The lowest BCUT2D eigenvalue weighted by Crippen LogP contribution is -2.12. The summed E-state index contributed by atoms with van der Waals surface area (Å²) in [5.41, 5.74) is 3.63. The van der Waals surface area contributed by atoms with Gasteiger partial charge in [-0.15, -0.1) is 10.2 Å². The number of hydrogen-bond donors (Lipinski definition) is 0. The minimum absolute atomic E-state index is 0.0184. The van der Waals surface area contributed by atoms with Crippen LogP contribution in [-0.2, 0) is 10.5 Å². The molecule has 0 aliphatic carbocycles. The van der Waals surface area contributed by atoms with E-state index in [0.29, 0.717) is 27.4 Å². The van der Waals surface area contributed by atoms with Crippen LogP contribution < -0.4 is 0 Å². The first-order valence-corrected chi connectivity index (χ1v) is 11.6. The number of para-hydroxylation sites is 1. The van der Waals surface area contributed by atoms with E-state index in [1.54, 1.807) is 25.1 Å². The molecule has 0 aliphatic heterocycles. The Morgan fingerprint density at radius 3 is 2.18 bits per heavy atom. The van der Waals surface area contributed by atoms with Gasteiger partial charge in [-0.3, -0.25) is 10.1 Å². The number of ether oxygens (including phenoxy) is 1. The maximum atomic E-state index is 13.2. The summed E-state index contributed by atoms with van der Waals surface area (Å²) >= 11 is 1.22. The van der Waals surface area contributed by atoms with Crippen molar-refractivity contribution in [3.05, 3.63) is 106 Å². The Balaban J connectivity index is 1.87. The van der Waals surface area contributed by atoms with Crippen molar-refractivity contribution in [3.63, 3.8) is 0 Å². The van der Waals surface area contributed by atoms with Gasteiger partial charge in [0.25, 0.3) is 5.69 Å². The highest BCUT2D eigenvalue weighted by atomic mass is 32.2. The highest BCUT2D eigenvalue weighted by Gasteiger charge is 2.26. The Bertz CT molecular complexity index is 1310. The normalized spacial score (nSPS) is 10.6. The van der Waals surface area contributed by atoms with E-state index in [1.165, 1.54) is 17.8 Å². The molecule has 7 nitrogen and oxygen atoms in total. The van der Waals surface area contributed by atoms with E-state index in [4.69, 9.17) is 4.74 Å². The van der Waals surface area contributed by atoms with E-state index in [-0.39, 0.29) is 18.0 Å². The number of thioether (sulfide) groups is 1. The van der Waals surface area contributed by atoms with Crippen molar-refractivity contribution in [3.8, 4) is 22.4 Å². The lowest BCUT2D eigenvalue weighted by atomic mass is 9.96. The van der Waals surface area contributed by atoms with Gasteiger partial charge in [-0.25, -0.2) is 4.79 Å². The molecule has 0 atom stereocenters. The van der Waals surface area contributed by atoms with Crippen molar-refractivity contribution < 1.29 is 14.5 Å². The molecule has 34 heavy (non-hydrogen) atoms. The minimum Gasteiger partial charge on any atom is -0.462 e. The van der Waals surface area contributed by atoms with Gasteiger partial charge in [-0.2, -0.15) is 0 Å². The molecule has 4 aromatic rings. The molecule has 1 aromatic heterocycles. The van der Waals surface area contributed by atoms with Gasteiger partial charge in [-0.1, -0.05) is 90.6 Å². The molecule has 1 heterocycles. The predicted octanol–water partition coefficient (Wildman–Crippen LogP) is 6.19. The first-order valence-electron chi connectivity index (χ1n) is 10.6. The summed E-state index contributed by atoms with van der Waals surface area (Å²) in [6.07, 6.45) is 0. The van der Waals surface area contributed by atoms with Crippen LogP contribution in [0.5, 0.6) is 0 Å². The van der Waals surface area contributed by atoms with Crippen molar-refractivity contribution in [2.24, 2.45) is 0 Å². The topological polar surface area (TPSA) is 95.2 Å². The standard InChI is InChI=1S/C26H21N3O4S/c1-2-33-26(30)23-22(18-11-5-3-6-12-18)24(19-13-7-4-8-14-19)27-28-25(23)34-17-20-15-9-10-16-21(20)29(31)32/h3-16H,2,17H2,1H3. The second kappa shape index (κ2) is 10.7. The largest absolute Gasteiger partial charge is 0.462 e. The zero-order valence-corrected chi connectivity index (χ0v) is 19.2. The smallest absolute Gasteiger partial charge is 0.341 e. The minimum atomic E-state index is -0.515. The molecule has 0 fully saturated rings. The molecule has 0 saturated heterocycles. The Hall–Kier alpha value is -4.04. The molecule has 0 radical (unpaired) electrons. The number of hydrogen-bond acceptors (Lipinski definition) is 7. The van der Waals surface area contributed by atoms with E-state index < -0.39 is 10.9 Å². The predicted molar refractivity (Wildman–Crippen MR) is 132 cm³/mol. The van der Waals surface area contributed by atoms with Crippen LogP contribution in [0.4, 0.5) is 5.69 Å². The molecule has 8 heteroatoms. The van der Waals surface area contributed by atoms with Gasteiger partial charge in [0.1, 0.15) is 16.3 Å². The lowest BCUT2D eigenvalue weighted by Gasteiger charge is -2.16. The molecule has 0 bridgehead atoms. The second-order valence-corrected chi connectivity index (χ2v) is 8.19. The number of carbonyl (C=O) groups excluding carboxylic acids is 1. The SMILES string of the molecule is CCOC(=O)c1c(SCc2ccccc2[N+](=O)[O-])nnc(-c2ccccc2)c1-c1ccccc1. The lowest BCUT2D eigenvalue weighted by molar-refractivity contribution is -0.385. The molecule has 3 aromatic carbocycles. The van der Waals surface area contributed by atoms with Gasteiger partial charge in [0.15, 0.2) is 0 Å². The van der Waals surface area contributed by atoms with Gasteiger partial charge in [0, 0.05) is 28.5 Å². The number of nitro groups is 1. The number of nitrogens with zero attached hydrogens (tertiary/aromatic N) is 3. The zero-order valence-electron chi connectivity index (χ0n) is 18.4. The average Bonchev–Trinajstić information content (AvgIpc) is 2.88. The molecule has 4 rings (SSSR count). The van der Waals surface area contributed by atoms with Crippen molar-refractivity contribution in [2.45, 2.75) is 17.7 Å². The van der Waals surface area contributed by atoms with Crippen LogP contribution >= 0.6 is 11.8 Å². The van der Waals surface area contributed by atoms with Crippen LogP contribution in [0.15, 0.2) is 90.0 Å². The molecule has 0 unspecified atom stereocenters. The van der Waals surface area contributed by atoms with Gasteiger partial charge in [0.05, 0.1) is 11.5 Å². The number of esters is 1. The van der Waals surface area contributed by atoms with E-state index in [9.17, 15) is 14.9 Å². The summed E-state index contributed by atoms with van der Waals surface area (Å²) in [7, 11) is 0. The molecular weight excluding hydrogens is 450 g/mol. The van der Waals surface area contributed by atoms with Crippen LogP contribution in [-0.4, -0.2) is 27.7 Å². The maximum Gasteiger partial charge on any atom is 0.341 e. The second-order valence-electron chi connectivity index (χ2n) is 7.23. The molecular formula is C26H21N3O4S. The van der Waals surface area contributed by atoms with Crippen molar-refractivity contribution >= 4 is 23.4 Å². The summed E-state index contributed by atoms with van der Waals surface area (Å²) in [5, 5.41) is 20.6. The molecule has 0 aliphatic rings. The number of aromatic nitrogens is 2. The maximum absolute atomic E-state index is 13.2. The van der Waals surface area contributed by atoms with Crippen LogP contribution in [0.1, 0.15) is 22.8 Å². The fraction of sp³-hybridized carbons (Fsp3) is 0.115. The molecule has 0 N–H and O–H groups in total. The molecule has 0 spiro atoms. The Labute approximate surface area is 201 Å². The third-order valence-corrected chi connectivity index (χ3v) is 6.10. The summed E-state index contributed by atoms with van der Waals surface area (Å²) in [5.74, 6) is -0.268. The summed E-state index contributed by atoms with van der Waals surface area (Å²) in [6.45, 7) is 1.94. The van der Waals surface area contributed by atoms with E-state index in [2.05, 4.69) is 10.2 Å². The number of nitro benzene ring substituents is 1. The van der Waals surface area contributed by atoms with E-state index >= 15 is 0 Å². The van der Waals surface area contributed by atoms with Crippen molar-refractivity contribution in [1.82, 2.24) is 10.2 Å². The van der Waals surface area contributed by atoms with Crippen LogP contribution in [0.25, 0.3) is 22.4 Å². The van der Waals surface area contributed by atoms with Crippen LogP contribution in [0.2, 0.25) is 0 Å². The van der Waals surface area contributed by atoms with E-state index in [0.717, 1.165) is 11.1 Å². The molecule has 170 valence electrons. The Morgan fingerprint density at radius 1 is 0.912 bits per heavy atom. The first-order chi connectivity index (χ1) is 16.6. The van der Waals surface area contributed by atoms with Gasteiger partial charge in [0.2, 0.25) is 0 Å². The quantitative estimate of drug-likeness (QED) is 0.131. The molecule has 0 amide bonds. The van der Waals surface area contributed by atoms with Crippen molar-refractivity contribution in [2.75, 3.05) is 6.61 Å².